The van der Waals surface area contributed by atoms with Crippen LogP contribution in [0.3, 0.4) is 0 Å². The van der Waals surface area contributed by atoms with Crippen molar-refractivity contribution in [3.63, 3.8) is 0 Å². The Kier molecular flexibility index (Phi) is 6.47. The van der Waals surface area contributed by atoms with E-state index in [1.807, 2.05) is 43.3 Å². The first-order valence-electron chi connectivity index (χ1n) is 9.69. The summed E-state index contributed by atoms with van der Waals surface area (Å²) in [5.41, 5.74) is 4.64. The molecule has 2 N–H and O–H groups in total. The molecule has 0 saturated heterocycles. The van der Waals surface area contributed by atoms with Crippen LogP contribution in [0.4, 0.5) is 34.6 Å². The van der Waals surface area contributed by atoms with Crippen LogP contribution < -0.4 is 15.8 Å². The Morgan fingerprint density at radius 3 is 1.94 bits per heavy atom. The molecule has 2 aromatic rings. The quantitative estimate of drug-likeness (QED) is 0.354. The molecule has 0 aromatic heterocycles. The number of carbonyl (C=O) groups excluding carboxylic acids is 1. The van der Waals surface area contributed by atoms with Crippen molar-refractivity contribution in [2.24, 2.45) is 0 Å². The van der Waals surface area contributed by atoms with Gasteiger partial charge in [-0.1, -0.05) is 12.1 Å². The third-order valence-electron chi connectivity index (χ3n) is 5.45. The highest BCUT2D eigenvalue weighted by Gasteiger charge is 2.51. The number of halogens is 4. The number of methoxy groups -OCH3 is 1. The number of benzene rings is 2. The third-order valence-corrected chi connectivity index (χ3v) is 5.45. The van der Waals surface area contributed by atoms with Crippen LogP contribution >= 0.6 is 0 Å². The van der Waals surface area contributed by atoms with Gasteiger partial charge in [-0.2, -0.15) is 0 Å². The molecule has 0 amide bonds. The van der Waals surface area contributed by atoms with Crippen LogP contribution in [0.5, 0.6) is 0 Å². The van der Waals surface area contributed by atoms with Crippen molar-refractivity contribution in [3.8, 4) is 0 Å². The number of esters is 1. The predicted molar refractivity (Wildman–Crippen MR) is 116 cm³/mol. The topological polar surface area (TPSA) is 53.6 Å². The van der Waals surface area contributed by atoms with Crippen LogP contribution in [0.1, 0.15) is 12.5 Å². The van der Waals surface area contributed by atoms with E-state index in [-0.39, 0.29) is 5.56 Å². The fraction of sp³-hybridized carbons (Fsp3) is 0.261. The van der Waals surface area contributed by atoms with Crippen LogP contribution in [0, 0.1) is 0 Å². The highest BCUT2D eigenvalue weighted by atomic mass is 19.2. The molecule has 0 bridgehead atoms. The summed E-state index contributed by atoms with van der Waals surface area (Å²) >= 11 is 0. The van der Waals surface area contributed by atoms with Crippen molar-refractivity contribution in [3.05, 3.63) is 77.1 Å². The largest absolute Gasteiger partial charge is 0.465 e. The van der Waals surface area contributed by atoms with Crippen molar-refractivity contribution in [2.75, 3.05) is 37.0 Å². The number of hydrazine groups is 1. The Labute approximate surface area is 183 Å². The highest BCUT2D eigenvalue weighted by molar-refractivity contribution is 5.94. The number of allylic oxidation sites excluding steroid dienone is 2. The lowest BCUT2D eigenvalue weighted by molar-refractivity contribution is -0.136. The number of nitrogens with zero attached hydrogens (tertiary/aromatic N) is 1. The maximum absolute atomic E-state index is 14.9. The average Bonchev–Trinajstić information content (AvgIpc) is 2.80. The zero-order chi connectivity index (χ0) is 23.6. The first kappa shape index (κ1) is 23.2. The molecule has 0 fully saturated rings. The van der Waals surface area contributed by atoms with E-state index in [0.717, 1.165) is 25.4 Å². The number of anilines is 3. The number of alkyl halides is 1. The average molecular weight is 449 g/mol. The molecule has 0 aliphatic heterocycles. The van der Waals surface area contributed by atoms with Crippen LogP contribution in [-0.2, 0) is 14.9 Å². The van der Waals surface area contributed by atoms with E-state index >= 15 is 0 Å². The lowest BCUT2D eigenvalue weighted by Gasteiger charge is -2.35. The standard InChI is InChI=1S/C23H23F4N3O2/c1-23(20(26)18(24)17(22(31)32-4)19(25)21(23)27)13-5-7-14(8-6-13)28-29-15-9-11-16(12-10-15)30(2)3/h5-12,20,28-29H,1-4H3. The molecular formula is C23H23F4N3O2. The third kappa shape index (κ3) is 4.02. The second kappa shape index (κ2) is 8.94. The Morgan fingerprint density at radius 2 is 1.47 bits per heavy atom. The Morgan fingerprint density at radius 1 is 0.969 bits per heavy atom. The van der Waals surface area contributed by atoms with E-state index in [2.05, 4.69) is 15.6 Å². The van der Waals surface area contributed by atoms with Crippen LogP contribution in [0.15, 0.2) is 71.6 Å². The second-order valence-corrected chi connectivity index (χ2v) is 7.68. The molecular weight excluding hydrogens is 426 g/mol. The van der Waals surface area contributed by atoms with E-state index < -0.39 is 40.6 Å². The zero-order valence-electron chi connectivity index (χ0n) is 18.0. The number of ether oxygens (including phenoxy) is 1. The minimum absolute atomic E-state index is 0.00222. The molecule has 0 spiro atoms. The molecule has 2 aromatic carbocycles. The number of hydrogen-bond donors (Lipinski definition) is 2. The smallest absolute Gasteiger partial charge is 0.343 e. The van der Waals surface area contributed by atoms with Gasteiger partial charge in [0, 0.05) is 19.8 Å². The summed E-state index contributed by atoms with van der Waals surface area (Å²) in [7, 11) is 4.73. The van der Waals surface area contributed by atoms with Gasteiger partial charge in [-0.3, -0.25) is 0 Å². The van der Waals surface area contributed by atoms with E-state index in [0.29, 0.717) is 5.69 Å². The van der Waals surface area contributed by atoms with Gasteiger partial charge in [-0.15, -0.1) is 0 Å². The number of carbonyl (C=O) groups is 1. The fourth-order valence-corrected chi connectivity index (χ4v) is 3.38. The Balaban J connectivity index is 1.80. The summed E-state index contributed by atoms with van der Waals surface area (Å²) in [6.07, 6.45) is -2.61. The molecule has 1 aliphatic rings. The summed E-state index contributed by atoms with van der Waals surface area (Å²) in [5.74, 6) is -6.53. The van der Waals surface area contributed by atoms with Gasteiger partial charge in [-0.05, 0) is 48.9 Å². The summed E-state index contributed by atoms with van der Waals surface area (Å²) in [6.45, 7) is 1.03. The lowest BCUT2D eigenvalue weighted by atomic mass is 9.72. The molecule has 2 atom stereocenters. The van der Waals surface area contributed by atoms with E-state index in [1.165, 1.54) is 24.3 Å². The minimum atomic E-state index is -2.61. The normalized spacial score (nSPS) is 20.8. The fourth-order valence-electron chi connectivity index (χ4n) is 3.38. The molecule has 1 aliphatic carbocycles. The maximum atomic E-state index is 14.9. The molecule has 3 rings (SSSR count). The Bertz CT molecular complexity index is 1070. The molecule has 2 unspecified atom stereocenters. The number of nitrogens with one attached hydrogen (secondary N) is 2. The maximum Gasteiger partial charge on any atom is 0.343 e. The summed E-state index contributed by atoms with van der Waals surface area (Å²) in [5, 5.41) is 0. The van der Waals surface area contributed by atoms with Crippen LogP contribution in [-0.4, -0.2) is 33.3 Å². The van der Waals surface area contributed by atoms with Crippen LogP contribution in [0.25, 0.3) is 0 Å². The van der Waals surface area contributed by atoms with Gasteiger partial charge in [0.2, 0.25) is 0 Å². The van der Waals surface area contributed by atoms with E-state index in [4.69, 9.17) is 0 Å². The van der Waals surface area contributed by atoms with Crippen molar-refractivity contribution >= 4 is 23.0 Å². The molecule has 0 heterocycles. The summed E-state index contributed by atoms with van der Waals surface area (Å²) < 4.78 is 63.0. The second-order valence-electron chi connectivity index (χ2n) is 7.68. The molecule has 32 heavy (non-hydrogen) atoms. The first-order valence-corrected chi connectivity index (χ1v) is 9.69. The zero-order valence-corrected chi connectivity index (χ0v) is 18.0. The monoisotopic (exact) mass is 449 g/mol. The van der Waals surface area contributed by atoms with E-state index in [1.54, 1.807) is 0 Å². The van der Waals surface area contributed by atoms with Crippen molar-refractivity contribution < 1.29 is 27.1 Å². The highest BCUT2D eigenvalue weighted by Crippen LogP contribution is 2.49. The SMILES string of the molecule is COC(=O)C1=C(F)C(F)C(C)(c2ccc(NNc3ccc(N(C)C)cc3)cc2)C(F)=C1F. The first-order chi connectivity index (χ1) is 15.1. The van der Waals surface area contributed by atoms with Gasteiger partial charge in [0.15, 0.2) is 23.7 Å². The van der Waals surface area contributed by atoms with Gasteiger partial charge in [-0.25, -0.2) is 22.4 Å². The summed E-state index contributed by atoms with van der Waals surface area (Å²) in [6, 6.07) is 13.3. The van der Waals surface area contributed by atoms with Gasteiger partial charge in [0.1, 0.15) is 5.57 Å². The van der Waals surface area contributed by atoms with Gasteiger partial charge in [0.25, 0.3) is 0 Å². The van der Waals surface area contributed by atoms with Crippen LogP contribution in [0.2, 0.25) is 0 Å². The van der Waals surface area contributed by atoms with Crippen molar-refractivity contribution in [1.29, 1.82) is 0 Å². The molecule has 0 radical (unpaired) electrons. The van der Waals surface area contributed by atoms with Crippen molar-refractivity contribution in [2.45, 2.75) is 18.5 Å². The summed E-state index contributed by atoms with van der Waals surface area (Å²) in [4.78, 5) is 13.5. The Hall–Kier alpha value is -3.49. The lowest BCUT2D eigenvalue weighted by Crippen LogP contribution is -2.40. The van der Waals surface area contributed by atoms with Gasteiger partial charge >= 0.3 is 5.97 Å². The molecule has 9 heteroatoms. The predicted octanol–water partition coefficient (Wildman–Crippen LogP) is 5.35. The van der Waals surface area contributed by atoms with E-state index in [9.17, 15) is 22.4 Å². The number of rotatable bonds is 6. The minimum Gasteiger partial charge on any atom is -0.465 e. The van der Waals surface area contributed by atoms with Crippen molar-refractivity contribution in [1.82, 2.24) is 0 Å². The van der Waals surface area contributed by atoms with Gasteiger partial charge in [0.05, 0.1) is 23.9 Å². The number of hydrogen-bond acceptors (Lipinski definition) is 5. The molecule has 5 nitrogen and oxygen atoms in total. The molecule has 0 saturated carbocycles. The molecule has 170 valence electrons. The van der Waals surface area contributed by atoms with Gasteiger partial charge < -0.3 is 20.5 Å².